The van der Waals surface area contributed by atoms with Gasteiger partial charge in [0.2, 0.25) is 35.4 Å². The van der Waals surface area contributed by atoms with Crippen LogP contribution < -0.4 is 31.9 Å². The third-order valence-electron chi connectivity index (χ3n) is 25.3. The first-order valence-corrected chi connectivity index (χ1v) is 44.5. The van der Waals surface area contributed by atoms with Crippen molar-refractivity contribution in [2.75, 3.05) is 66.1 Å². The average Bonchev–Trinajstić information content (AvgIpc) is 0.745. The van der Waals surface area contributed by atoms with E-state index < -0.39 is 439 Å². The van der Waals surface area contributed by atoms with Crippen LogP contribution in [0.5, 0.6) is 0 Å². The van der Waals surface area contributed by atoms with E-state index in [2.05, 4.69) is 31.9 Å². The number of ether oxygens (including phenoxy) is 21. The highest BCUT2D eigenvalue weighted by Gasteiger charge is 2.63. The minimum absolute atomic E-state index is 0.873. The molecule has 0 radical (unpaired) electrons. The maximum Gasteiger partial charge on any atom is 0.217 e. The molecule has 0 spiro atoms. The van der Waals surface area contributed by atoms with Crippen molar-refractivity contribution in [3.63, 3.8) is 0 Å². The lowest BCUT2D eigenvalue weighted by molar-refractivity contribution is -0.406. The molecule has 0 aromatic rings. The van der Waals surface area contributed by atoms with Crippen LogP contribution in [0.3, 0.4) is 0 Å². The first-order chi connectivity index (χ1) is 65.7. The van der Waals surface area contributed by atoms with Gasteiger partial charge in [-0.25, -0.2) is 0 Å². The Hall–Kier alpha value is -5.14. The highest BCUT2D eigenvalue weighted by Crippen LogP contribution is 2.42. The second-order valence-electron chi connectivity index (χ2n) is 35.3. The Morgan fingerprint density at radius 3 is 0.842 bits per heavy atom. The fourth-order valence-electron chi connectivity index (χ4n) is 18.1. The van der Waals surface area contributed by atoms with Gasteiger partial charge in [-0.1, -0.05) is 0 Å². The minimum Gasteiger partial charge on any atom is -0.394 e. The predicted octanol–water partition coefficient (Wildman–Crippen LogP) is -23.1. The van der Waals surface area contributed by atoms with Crippen LogP contribution in [0.2, 0.25) is 0 Å². The molecule has 0 bridgehead atoms. The minimum atomic E-state index is -2.76. The highest BCUT2D eigenvalue weighted by atomic mass is 16.8. The summed E-state index contributed by atoms with van der Waals surface area (Å²) in [6.07, 6.45) is -105. The Morgan fingerprint density at radius 2 is 0.453 bits per heavy atom. The SMILES string of the molecule is CC(=O)N[C@@H]1[C@@H](O)[C@H](O[C@@H]2O[C@H](CO)[C@@H](O[C@@H]3O[C@H](CO[C@H]4O[C@H](CO)[C@@H](O)[C@H](O)[C@@H]4O[C@@H]4O[C@H](CO)[C@@H](O)[C@H](O)[C@H]4NC(C)=O)[C@@H](O)[C@H](O[C@H]4O[C@H](CO)[C@@H](O[C@@H]5O[C@H](CO)[C@@H](O[C@@H]6O[C@H](CO)[C@H](O)[C@H](O)[C@H]6O)[C@H](O)[C@H]5NC(C)=O)[C@H](O)[C@@H]4O[C@@H]4O[C@H](CO)[C@@H](O[C@@H]5O[C@H](CO)[C@H](O)[C@H](O)[C@H]5NC(C)=O)[C@H](O)[C@H]4NC(C)=O)[C@@H]3O)[C@H](O)[C@H]2NC(C)=O)[C@@H](CO[C@H]2O[C@H](C)[C@H](O)[C@H](O)[C@H]2O)O[C@H]1O. The molecule has 139 heavy (non-hydrogen) atoms. The van der Waals surface area contributed by atoms with Crippen LogP contribution in [-0.4, -0.2) is 582 Å². The molecule has 0 aliphatic carbocycles. The van der Waals surface area contributed by atoms with Gasteiger partial charge in [-0.2, -0.15) is 0 Å². The Bertz CT molecular complexity index is 3900. The van der Waals surface area contributed by atoms with E-state index in [0.29, 0.717) is 0 Å². The molecule has 0 unspecified atom stereocenters. The molecule has 11 heterocycles. The van der Waals surface area contributed by atoms with Crippen molar-refractivity contribution in [2.24, 2.45) is 0 Å². The van der Waals surface area contributed by atoms with Crippen molar-refractivity contribution in [3.8, 4) is 0 Å². The smallest absolute Gasteiger partial charge is 0.217 e. The molecule has 11 aliphatic heterocycles. The summed E-state index contributed by atoms with van der Waals surface area (Å²) < 4.78 is 127. The summed E-state index contributed by atoms with van der Waals surface area (Å²) in [4.78, 5) is 78.0. The Balaban J connectivity index is 0.992. The third kappa shape index (κ3) is 25.8. The zero-order valence-electron chi connectivity index (χ0n) is 75.4. The van der Waals surface area contributed by atoms with E-state index in [9.17, 15) is 172 Å². The van der Waals surface area contributed by atoms with Crippen molar-refractivity contribution >= 4 is 35.4 Å². The monoisotopic (exact) mass is 2030 g/mol. The van der Waals surface area contributed by atoms with Gasteiger partial charge < -0.3 is 274 Å². The van der Waals surface area contributed by atoms with Crippen molar-refractivity contribution < 1.29 is 271 Å². The maximum absolute atomic E-state index is 13.5. The predicted molar refractivity (Wildman–Crippen MR) is 430 cm³/mol. The molecule has 802 valence electrons. The molecule has 55 atom stereocenters. The van der Waals surface area contributed by atoms with Crippen LogP contribution in [0.25, 0.3) is 0 Å². The van der Waals surface area contributed by atoms with Crippen molar-refractivity contribution in [2.45, 2.75) is 386 Å². The number of carbonyl (C=O) groups is 6. The second kappa shape index (κ2) is 50.0. The summed E-state index contributed by atoms with van der Waals surface area (Å²) in [5, 5.41) is 332. The Labute approximate surface area is 788 Å². The van der Waals surface area contributed by atoms with E-state index >= 15 is 0 Å². The van der Waals surface area contributed by atoms with E-state index in [4.69, 9.17) is 99.5 Å². The summed E-state index contributed by atoms with van der Waals surface area (Å²) in [7, 11) is 0. The number of hydrogen-bond donors (Lipinski definition) is 34. The van der Waals surface area contributed by atoms with E-state index in [1.165, 1.54) is 6.92 Å². The standard InChI is InChI=1S/C78H130N6O55/c1-18-41(99)53(111)56(114)74(121-18)119-17-34-64(49(107)35(68(118)122-34)79-19(2)93)134-72-39(83-23(6)97)52(110)62(31(14-91)128-72)136-76-59(117)65(46(104)33(131-76)16-120-77-66(55(113)45(103)28(11-88)126-77)138-70-37(81-21(4)95)48(106)43(101)26(9-86)124-70)137-78-67(139-73-40(84-24(7)98)50(108)60(29(12-89)129-73)132-69-36(80-20(3)94)47(105)42(100)25(8-85)123-69)58(116)63(32(15-92)130-78)133-71-38(82-22(5)96)51(109)61(30(13-90)127-71)135-75-57(115)54(112)44(102)27(10-87)125-75/h18,25-78,85-92,99-118H,8-17H2,1-7H3,(H,79,93)(H,80,94)(H,81,95)(H,82,96)(H,83,97)(H,84,98)/t18-,25-,26-,27-,28-,29-,30-,31-,32-,33-,34-,35-,36-,37-,38-,39-,40-,41+,42+,43-,44+,45-,46-,47-,48-,49-,50-,51-,52-,53+,54+,55+,56-,57-,58+,59+,60-,61-,62-,63-,64-,65+,66+,67+,68-,69+,70+,71+,72+,73+,74+,75+,76+,77+,78-/m1/s1. The lowest BCUT2D eigenvalue weighted by Gasteiger charge is -2.52. The molecule has 11 fully saturated rings. The molecule has 0 aromatic carbocycles. The second-order valence-corrected chi connectivity index (χ2v) is 35.3. The number of rotatable bonds is 36. The molecule has 11 rings (SSSR count). The summed E-state index contributed by atoms with van der Waals surface area (Å²) in [6.45, 7) is -4.77. The number of aliphatic hydroxyl groups excluding tert-OH is 28. The molecule has 61 heteroatoms. The largest absolute Gasteiger partial charge is 0.394 e. The highest BCUT2D eigenvalue weighted by molar-refractivity contribution is 5.75. The topological polar surface area (TPSA) is 935 Å². The van der Waals surface area contributed by atoms with Gasteiger partial charge in [-0.15, -0.1) is 0 Å². The first-order valence-electron chi connectivity index (χ1n) is 44.5. The molecule has 61 nitrogen and oxygen atoms in total. The quantitative estimate of drug-likeness (QED) is 0.0277. The normalized spacial score (nSPS) is 48.3. The van der Waals surface area contributed by atoms with E-state index in [0.717, 1.165) is 41.5 Å². The Morgan fingerprint density at radius 1 is 0.201 bits per heavy atom. The number of amides is 6. The molecule has 6 amide bonds. The fraction of sp³-hybridized carbons (Fsp3) is 0.923. The van der Waals surface area contributed by atoms with Crippen LogP contribution >= 0.6 is 0 Å². The molecule has 11 saturated heterocycles. The average molecular weight is 2030 g/mol. The van der Waals surface area contributed by atoms with Gasteiger partial charge >= 0.3 is 0 Å². The van der Waals surface area contributed by atoms with Crippen molar-refractivity contribution in [1.82, 2.24) is 31.9 Å². The zero-order valence-corrected chi connectivity index (χ0v) is 75.4. The van der Waals surface area contributed by atoms with E-state index in [-0.39, 0.29) is 0 Å². The zero-order chi connectivity index (χ0) is 102. The molecule has 11 aliphatic rings. The van der Waals surface area contributed by atoms with Crippen LogP contribution in [0.15, 0.2) is 0 Å². The van der Waals surface area contributed by atoms with Gasteiger partial charge in [-0.05, 0) is 6.92 Å². The van der Waals surface area contributed by atoms with E-state index in [1.807, 2.05) is 0 Å². The summed E-state index contributed by atoms with van der Waals surface area (Å²) >= 11 is 0. The van der Waals surface area contributed by atoms with Gasteiger partial charge in [0.25, 0.3) is 0 Å². The van der Waals surface area contributed by atoms with Gasteiger partial charge in [0, 0.05) is 41.5 Å². The number of aliphatic hydroxyl groups is 28. The number of carbonyl (C=O) groups excluding carboxylic acids is 6. The van der Waals surface area contributed by atoms with Gasteiger partial charge in [0.15, 0.2) is 69.2 Å². The first kappa shape index (κ1) is 114. The van der Waals surface area contributed by atoms with Gasteiger partial charge in [0.05, 0.1) is 72.2 Å². The summed E-state index contributed by atoms with van der Waals surface area (Å²) in [5.41, 5.74) is 0. The van der Waals surface area contributed by atoms with Crippen molar-refractivity contribution in [1.29, 1.82) is 0 Å². The Kier molecular flexibility index (Phi) is 41.1. The molecule has 34 N–H and O–H groups in total. The fourth-order valence-corrected chi connectivity index (χ4v) is 18.1. The van der Waals surface area contributed by atoms with Crippen LogP contribution in [0.4, 0.5) is 0 Å². The number of hydrogen-bond acceptors (Lipinski definition) is 55. The molecular weight excluding hydrogens is 1900 g/mol. The lowest BCUT2D eigenvalue weighted by Crippen LogP contribution is -2.72. The van der Waals surface area contributed by atoms with Gasteiger partial charge in [0.1, 0.15) is 262 Å². The lowest BCUT2D eigenvalue weighted by atomic mass is 9.93. The van der Waals surface area contributed by atoms with E-state index in [1.54, 1.807) is 0 Å². The maximum atomic E-state index is 13.5. The summed E-state index contributed by atoms with van der Waals surface area (Å²) in [5.74, 6) is -5.76. The number of nitrogens with one attached hydrogen (secondary N) is 6. The van der Waals surface area contributed by atoms with Crippen LogP contribution in [0.1, 0.15) is 48.5 Å². The summed E-state index contributed by atoms with van der Waals surface area (Å²) in [6, 6.07) is -11.7. The van der Waals surface area contributed by atoms with Crippen molar-refractivity contribution in [3.05, 3.63) is 0 Å². The third-order valence-corrected chi connectivity index (χ3v) is 25.3. The molecule has 0 aromatic heterocycles. The van der Waals surface area contributed by atoms with Gasteiger partial charge in [-0.3, -0.25) is 28.8 Å². The van der Waals surface area contributed by atoms with Crippen LogP contribution in [-0.2, 0) is 128 Å². The molecule has 0 saturated carbocycles. The van der Waals surface area contributed by atoms with Crippen LogP contribution in [0, 0.1) is 0 Å². The molecular formula is C78H130N6O55.